The molecule has 0 saturated heterocycles. The summed E-state index contributed by atoms with van der Waals surface area (Å²) in [5.41, 5.74) is 0.576. The van der Waals surface area contributed by atoms with E-state index in [0.29, 0.717) is 19.3 Å². The van der Waals surface area contributed by atoms with Crippen LogP contribution in [0.3, 0.4) is 0 Å². The van der Waals surface area contributed by atoms with Gasteiger partial charge in [-0.05, 0) is 31.7 Å². The molecular weight excluding hydrogens is 326 g/mol. The average molecular weight is 351 g/mol. The van der Waals surface area contributed by atoms with E-state index in [1.165, 1.54) is 12.8 Å². The quantitative estimate of drug-likeness (QED) is 0.777. The number of ether oxygens (including phenoxy) is 1. The Labute approximate surface area is 154 Å². The van der Waals surface area contributed by atoms with E-state index in [0.717, 1.165) is 37.0 Å². The molecule has 3 aliphatic rings. The van der Waals surface area contributed by atoms with Crippen molar-refractivity contribution in [3.05, 3.63) is 29.8 Å². The van der Waals surface area contributed by atoms with E-state index in [4.69, 9.17) is 11.2 Å². The number of nitrogens with zero attached hydrogens (tertiary/aromatic N) is 2. The number of fused-ring (bicyclic) bond motifs is 1. The Hall–Kier alpha value is -2.35. The molecule has 0 aromatic heterocycles. The van der Waals surface area contributed by atoms with Crippen LogP contribution in [0, 0.1) is 12.3 Å². The lowest BCUT2D eigenvalue weighted by atomic mass is 9.86. The summed E-state index contributed by atoms with van der Waals surface area (Å²) >= 11 is 0. The summed E-state index contributed by atoms with van der Waals surface area (Å²) in [7, 11) is 0. The summed E-state index contributed by atoms with van der Waals surface area (Å²) in [5, 5.41) is 11.5. The monoisotopic (exact) mass is 351 g/mol. The second-order valence-electron chi connectivity index (χ2n) is 7.74. The van der Waals surface area contributed by atoms with E-state index in [1.807, 2.05) is 18.2 Å². The maximum Gasteiger partial charge on any atom is 0.220 e. The molecule has 0 radical (unpaired) electrons. The minimum Gasteiger partial charge on any atom is -0.487 e. The molecule has 1 aromatic rings. The molecule has 26 heavy (non-hydrogen) atoms. The topological polar surface area (TPSA) is 63.0 Å². The molecule has 4 rings (SSSR count). The number of para-hydroxylation sites is 1. The highest BCUT2D eigenvalue weighted by molar-refractivity contribution is 5.76. The van der Waals surface area contributed by atoms with E-state index < -0.39 is 5.66 Å². The Balaban J connectivity index is 1.40. The standard InChI is InChI=1S/C21H25N3O2/c1-2-3-13-21(23-24-21)14-10-19(25)22-17-15-20(11-6-7-12-20)26-18-9-5-4-8-16(17)18/h1,4-5,8-9,17H,3,6-7,10-15H2,(H,22,25)/t17-/m0/s1. The van der Waals surface area contributed by atoms with Gasteiger partial charge in [0.1, 0.15) is 11.4 Å². The van der Waals surface area contributed by atoms with E-state index in [1.54, 1.807) is 0 Å². The summed E-state index contributed by atoms with van der Waals surface area (Å²) in [6, 6.07) is 8.09. The molecule has 0 bridgehead atoms. The van der Waals surface area contributed by atoms with Gasteiger partial charge in [0, 0.05) is 37.7 Å². The summed E-state index contributed by atoms with van der Waals surface area (Å²) < 4.78 is 6.36. The van der Waals surface area contributed by atoms with Gasteiger partial charge in [-0.25, -0.2) is 0 Å². The van der Waals surface area contributed by atoms with Gasteiger partial charge in [-0.1, -0.05) is 18.2 Å². The Morgan fingerprint density at radius 1 is 1.27 bits per heavy atom. The predicted molar refractivity (Wildman–Crippen MR) is 98.7 cm³/mol. The van der Waals surface area contributed by atoms with Crippen LogP contribution in [0.5, 0.6) is 5.75 Å². The third-order valence-electron chi connectivity index (χ3n) is 5.85. The van der Waals surface area contributed by atoms with Crippen molar-refractivity contribution < 1.29 is 9.53 Å². The molecule has 1 amide bonds. The average Bonchev–Trinajstić information content (AvgIpc) is 3.30. The Bertz CT molecular complexity index is 753. The van der Waals surface area contributed by atoms with Gasteiger partial charge in [-0.3, -0.25) is 4.79 Å². The maximum atomic E-state index is 12.6. The Kier molecular flexibility index (Phi) is 4.44. The predicted octanol–water partition coefficient (Wildman–Crippen LogP) is 4.29. The molecule has 0 unspecified atom stereocenters. The number of rotatable bonds is 6. The number of terminal acetylenes is 1. The normalized spacial score (nSPS) is 23.7. The van der Waals surface area contributed by atoms with Gasteiger partial charge in [0.25, 0.3) is 0 Å². The highest BCUT2D eigenvalue weighted by Crippen LogP contribution is 2.47. The van der Waals surface area contributed by atoms with Crippen molar-refractivity contribution in [1.82, 2.24) is 5.32 Å². The fourth-order valence-electron chi connectivity index (χ4n) is 4.32. The van der Waals surface area contributed by atoms with Gasteiger partial charge in [0.15, 0.2) is 5.66 Å². The van der Waals surface area contributed by atoms with Crippen LogP contribution in [0.25, 0.3) is 0 Å². The van der Waals surface area contributed by atoms with Crippen LogP contribution in [-0.4, -0.2) is 17.2 Å². The minimum absolute atomic E-state index is 0.0142. The Morgan fingerprint density at radius 2 is 2.04 bits per heavy atom. The minimum atomic E-state index is -0.399. The fraction of sp³-hybridized carbons (Fsp3) is 0.571. The Morgan fingerprint density at radius 3 is 2.77 bits per heavy atom. The third-order valence-corrected chi connectivity index (χ3v) is 5.85. The lowest BCUT2D eigenvalue weighted by Gasteiger charge is -2.40. The molecular formula is C21H25N3O2. The van der Waals surface area contributed by atoms with Gasteiger partial charge < -0.3 is 10.1 Å². The zero-order valence-corrected chi connectivity index (χ0v) is 15.0. The van der Waals surface area contributed by atoms with Gasteiger partial charge in [-0.2, -0.15) is 10.2 Å². The number of hydrogen-bond acceptors (Lipinski definition) is 4. The summed E-state index contributed by atoms with van der Waals surface area (Å²) in [6.45, 7) is 0. The molecule has 1 fully saturated rings. The number of nitrogens with one attached hydrogen (secondary N) is 1. The molecule has 1 aliphatic carbocycles. The van der Waals surface area contributed by atoms with Crippen molar-refractivity contribution in [2.45, 2.75) is 75.1 Å². The molecule has 136 valence electrons. The number of amides is 1. The molecule has 1 atom stereocenters. The van der Waals surface area contributed by atoms with Crippen molar-refractivity contribution in [3.63, 3.8) is 0 Å². The zero-order chi connectivity index (χ0) is 18.0. The van der Waals surface area contributed by atoms with Crippen LogP contribution in [0.15, 0.2) is 34.5 Å². The van der Waals surface area contributed by atoms with E-state index in [9.17, 15) is 4.79 Å². The first-order valence-corrected chi connectivity index (χ1v) is 9.59. The molecule has 1 saturated carbocycles. The smallest absolute Gasteiger partial charge is 0.220 e. The number of benzene rings is 1. The van der Waals surface area contributed by atoms with Crippen LogP contribution in [-0.2, 0) is 4.79 Å². The second kappa shape index (κ2) is 6.75. The lowest BCUT2D eigenvalue weighted by molar-refractivity contribution is -0.122. The number of hydrogen-bond donors (Lipinski definition) is 1. The van der Waals surface area contributed by atoms with Gasteiger partial charge >= 0.3 is 0 Å². The summed E-state index contributed by atoms with van der Waals surface area (Å²) in [5.74, 6) is 3.59. The highest BCUT2D eigenvalue weighted by atomic mass is 16.5. The van der Waals surface area contributed by atoms with Crippen LogP contribution < -0.4 is 10.1 Å². The largest absolute Gasteiger partial charge is 0.487 e. The maximum absolute atomic E-state index is 12.6. The first-order valence-electron chi connectivity index (χ1n) is 9.59. The molecule has 1 aromatic carbocycles. The van der Waals surface area contributed by atoms with Gasteiger partial charge in [0.05, 0.1) is 6.04 Å². The first kappa shape index (κ1) is 17.1. The molecule has 5 nitrogen and oxygen atoms in total. The number of carbonyl (C=O) groups is 1. The van der Waals surface area contributed by atoms with Crippen LogP contribution >= 0.6 is 0 Å². The zero-order valence-electron chi connectivity index (χ0n) is 15.0. The molecule has 2 heterocycles. The van der Waals surface area contributed by atoms with Crippen molar-refractivity contribution >= 4 is 5.91 Å². The molecule has 1 spiro atoms. The van der Waals surface area contributed by atoms with Gasteiger partial charge in [-0.15, -0.1) is 12.3 Å². The SMILES string of the molecule is C#CCCC1(CCC(=O)N[C@H]2CC3(CCCC3)Oc3ccccc32)N=N1. The number of carbonyl (C=O) groups excluding carboxylic acids is 1. The van der Waals surface area contributed by atoms with Crippen molar-refractivity contribution in [3.8, 4) is 18.1 Å². The third kappa shape index (κ3) is 3.46. The van der Waals surface area contributed by atoms with Crippen molar-refractivity contribution in [1.29, 1.82) is 0 Å². The summed E-state index contributed by atoms with van der Waals surface area (Å²) in [6.07, 6.45) is 13.1. The van der Waals surface area contributed by atoms with Crippen molar-refractivity contribution in [2.24, 2.45) is 10.2 Å². The molecule has 1 N–H and O–H groups in total. The summed E-state index contributed by atoms with van der Waals surface area (Å²) in [4.78, 5) is 12.6. The van der Waals surface area contributed by atoms with Crippen molar-refractivity contribution in [2.75, 3.05) is 0 Å². The van der Waals surface area contributed by atoms with Crippen LogP contribution in [0.1, 0.15) is 69.4 Å². The fourth-order valence-corrected chi connectivity index (χ4v) is 4.32. The van der Waals surface area contributed by atoms with Gasteiger partial charge in [0.2, 0.25) is 5.91 Å². The first-order chi connectivity index (χ1) is 12.6. The van der Waals surface area contributed by atoms with E-state index in [2.05, 4.69) is 27.5 Å². The highest BCUT2D eigenvalue weighted by Gasteiger charge is 2.44. The van der Waals surface area contributed by atoms with E-state index >= 15 is 0 Å². The van der Waals surface area contributed by atoms with Crippen LogP contribution in [0.2, 0.25) is 0 Å². The van der Waals surface area contributed by atoms with E-state index in [-0.39, 0.29) is 17.6 Å². The second-order valence-corrected chi connectivity index (χ2v) is 7.74. The van der Waals surface area contributed by atoms with Crippen LogP contribution in [0.4, 0.5) is 0 Å². The molecule has 2 aliphatic heterocycles. The lowest BCUT2D eigenvalue weighted by Crippen LogP contribution is -2.43. The molecule has 5 heteroatoms.